The van der Waals surface area contributed by atoms with E-state index in [1.54, 1.807) is 6.07 Å². The minimum atomic E-state index is -1.10. The number of para-hydroxylation sites is 1. The zero-order valence-corrected chi connectivity index (χ0v) is 12.6. The molecule has 6 heteroatoms. The third-order valence-electron chi connectivity index (χ3n) is 2.38. The van der Waals surface area contributed by atoms with Crippen molar-refractivity contribution in [2.24, 2.45) is 0 Å². The summed E-state index contributed by atoms with van der Waals surface area (Å²) in [4.78, 5) is 11.5. The fraction of sp³-hybridized carbons (Fsp3) is 0.0714. The lowest BCUT2D eigenvalue weighted by Gasteiger charge is -2.09. The maximum atomic E-state index is 13.8. The molecule has 0 saturated heterocycles. The van der Waals surface area contributed by atoms with E-state index >= 15 is 0 Å². The molecule has 20 heavy (non-hydrogen) atoms. The van der Waals surface area contributed by atoms with Gasteiger partial charge in [-0.25, -0.2) is 9.18 Å². The van der Waals surface area contributed by atoms with Crippen LogP contribution in [0, 0.1) is 5.82 Å². The van der Waals surface area contributed by atoms with Crippen LogP contribution in [0.4, 0.5) is 4.39 Å². The van der Waals surface area contributed by atoms with Gasteiger partial charge in [0.1, 0.15) is 6.61 Å². The van der Waals surface area contributed by atoms with E-state index in [2.05, 4.69) is 15.9 Å². The van der Waals surface area contributed by atoms with Crippen LogP contribution >= 0.6 is 27.3 Å². The molecular formula is C14H10BrFO3S. The van der Waals surface area contributed by atoms with Crippen molar-refractivity contribution in [1.82, 2.24) is 0 Å². The second-order valence-corrected chi connectivity index (χ2v) is 5.76. The third kappa shape index (κ3) is 3.91. The van der Waals surface area contributed by atoms with Crippen LogP contribution in [0.2, 0.25) is 0 Å². The van der Waals surface area contributed by atoms with Gasteiger partial charge in [0.05, 0.1) is 0 Å². The Morgan fingerprint density at radius 2 is 2.30 bits per heavy atom. The van der Waals surface area contributed by atoms with E-state index in [1.807, 2.05) is 11.4 Å². The quantitative estimate of drug-likeness (QED) is 0.811. The highest BCUT2D eigenvalue weighted by Crippen LogP contribution is 2.27. The largest absolute Gasteiger partial charge is 0.484 e. The van der Waals surface area contributed by atoms with Crippen LogP contribution < -0.4 is 4.74 Å². The number of carboxylic acid groups (broad SMARTS) is 1. The van der Waals surface area contributed by atoms with Gasteiger partial charge in [0.15, 0.2) is 11.6 Å². The molecule has 1 aromatic heterocycles. The first-order valence-corrected chi connectivity index (χ1v) is 7.29. The molecular weight excluding hydrogens is 347 g/mol. The van der Waals surface area contributed by atoms with E-state index in [0.29, 0.717) is 5.56 Å². The van der Waals surface area contributed by atoms with Crippen molar-refractivity contribution in [1.29, 1.82) is 0 Å². The molecule has 0 radical (unpaired) electrons. The second-order valence-electron chi connectivity index (χ2n) is 3.85. The Kier molecular flexibility index (Phi) is 4.92. The minimum absolute atomic E-state index is 0.0505. The Morgan fingerprint density at radius 1 is 1.50 bits per heavy atom. The van der Waals surface area contributed by atoms with Gasteiger partial charge in [0, 0.05) is 26.4 Å². The maximum absolute atomic E-state index is 13.8. The van der Waals surface area contributed by atoms with E-state index in [9.17, 15) is 9.18 Å². The lowest BCUT2D eigenvalue weighted by molar-refractivity contribution is -0.131. The molecule has 0 atom stereocenters. The van der Waals surface area contributed by atoms with E-state index in [0.717, 1.165) is 15.4 Å². The fourth-order valence-corrected chi connectivity index (χ4v) is 2.91. The molecule has 2 rings (SSSR count). The van der Waals surface area contributed by atoms with E-state index in [4.69, 9.17) is 9.84 Å². The normalized spacial score (nSPS) is 10.9. The summed E-state index contributed by atoms with van der Waals surface area (Å²) < 4.78 is 20.2. The van der Waals surface area contributed by atoms with Crippen LogP contribution in [0.25, 0.3) is 6.08 Å². The van der Waals surface area contributed by atoms with E-state index < -0.39 is 11.8 Å². The van der Waals surface area contributed by atoms with Crippen molar-refractivity contribution in [3.63, 3.8) is 0 Å². The number of halogens is 2. The Balaban J connectivity index is 2.19. The first-order chi connectivity index (χ1) is 9.56. The van der Waals surface area contributed by atoms with Gasteiger partial charge in [-0.3, -0.25) is 0 Å². The van der Waals surface area contributed by atoms with Crippen LogP contribution in [0.1, 0.15) is 10.4 Å². The monoisotopic (exact) mass is 356 g/mol. The average Bonchev–Trinajstić information content (AvgIpc) is 2.81. The second kappa shape index (κ2) is 6.67. The van der Waals surface area contributed by atoms with Gasteiger partial charge in [-0.05, 0) is 34.1 Å². The highest BCUT2D eigenvalue weighted by atomic mass is 79.9. The molecule has 0 spiro atoms. The number of hydrogen-bond donors (Lipinski definition) is 1. The van der Waals surface area contributed by atoms with Crippen LogP contribution in [-0.2, 0) is 11.4 Å². The van der Waals surface area contributed by atoms with Crippen LogP contribution in [-0.4, -0.2) is 11.1 Å². The molecule has 0 saturated carbocycles. The maximum Gasteiger partial charge on any atom is 0.328 e. The van der Waals surface area contributed by atoms with Crippen molar-refractivity contribution in [2.45, 2.75) is 6.61 Å². The summed E-state index contributed by atoms with van der Waals surface area (Å²) in [5.41, 5.74) is 0.392. The third-order valence-corrected chi connectivity index (χ3v) is 4.05. The Bertz CT molecular complexity index is 652. The lowest BCUT2D eigenvalue weighted by Crippen LogP contribution is -1.98. The summed E-state index contributed by atoms with van der Waals surface area (Å²) in [5, 5.41) is 10.5. The molecule has 0 aliphatic carbocycles. The van der Waals surface area contributed by atoms with Crippen molar-refractivity contribution in [3.8, 4) is 5.75 Å². The highest BCUT2D eigenvalue weighted by Gasteiger charge is 2.09. The number of benzene rings is 1. The van der Waals surface area contributed by atoms with Gasteiger partial charge in [-0.2, -0.15) is 0 Å². The van der Waals surface area contributed by atoms with Gasteiger partial charge >= 0.3 is 5.97 Å². The smallest absolute Gasteiger partial charge is 0.328 e. The number of carboxylic acids is 1. The summed E-state index contributed by atoms with van der Waals surface area (Å²) >= 11 is 4.82. The molecule has 0 unspecified atom stereocenters. The number of thiophene rings is 1. The van der Waals surface area contributed by atoms with Gasteiger partial charge in [0.25, 0.3) is 0 Å². The molecule has 0 aliphatic heterocycles. The Morgan fingerprint density at radius 3 is 2.95 bits per heavy atom. The van der Waals surface area contributed by atoms with Crippen LogP contribution in [0.15, 0.2) is 40.2 Å². The van der Waals surface area contributed by atoms with Gasteiger partial charge in [-0.1, -0.05) is 12.1 Å². The molecule has 1 aromatic carbocycles. The first kappa shape index (κ1) is 14.7. The molecule has 0 aliphatic rings. The van der Waals surface area contributed by atoms with Crippen molar-refractivity contribution >= 4 is 39.3 Å². The zero-order valence-electron chi connectivity index (χ0n) is 10.2. The average molecular weight is 357 g/mol. The number of ether oxygens (including phenoxy) is 1. The number of aliphatic carboxylic acids is 1. The summed E-state index contributed by atoms with van der Waals surface area (Å²) in [6.45, 7) is 0.227. The zero-order chi connectivity index (χ0) is 14.5. The SMILES string of the molecule is O=C(O)/C=C/c1cccc(F)c1OCc1cc(Br)cs1. The van der Waals surface area contributed by atoms with Crippen molar-refractivity contribution < 1.29 is 19.0 Å². The summed E-state index contributed by atoms with van der Waals surface area (Å²) in [7, 11) is 0. The predicted octanol–water partition coefficient (Wildman–Crippen LogP) is 4.33. The molecule has 0 amide bonds. The molecule has 1 N–H and O–H groups in total. The summed E-state index contributed by atoms with van der Waals surface area (Å²) in [5.74, 6) is -1.56. The standard InChI is InChI=1S/C14H10BrFO3S/c15-10-6-11(20-8-10)7-19-14-9(4-5-13(17)18)2-1-3-12(14)16/h1-6,8H,7H2,(H,17,18)/b5-4+. The molecule has 0 bridgehead atoms. The van der Waals surface area contributed by atoms with E-state index in [1.165, 1.54) is 29.5 Å². The minimum Gasteiger partial charge on any atom is -0.484 e. The van der Waals surface area contributed by atoms with Gasteiger partial charge in [-0.15, -0.1) is 11.3 Å². The molecule has 0 fully saturated rings. The molecule has 1 heterocycles. The number of rotatable bonds is 5. The van der Waals surface area contributed by atoms with Gasteiger partial charge in [0.2, 0.25) is 0 Å². The number of carbonyl (C=O) groups is 1. The predicted molar refractivity (Wildman–Crippen MR) is 79.4 cm³/mol. The summed E-state index contributed by atoms with van der Waals surface area (Å²) in [6.07, 6.45) is 2.26. The molecule has 2 aromatic rings. The lowest BCUT2D eigenvalue weighted by atomic mass is 10.2. The number of hydrogen-bond acceptors (Lipinski definition) is 3. The first-order valence-electron chi connectivity index (χ1n) is 5.61. The Labute approximate surface area is 127 Å². The topological polar surface area (TPSA) is 46.5 Å². The molecule has 104 valence electrons. The fourth-order valence-electron chi connectivity index (χ4n) is 1.54. The van der Waals surface area contributed by atoms with Crippen molar-refractivity contribution in [3.05, 3.63) is 56.5 Å². The van der Waals surface area contributed by atoms with E-state index in [-0.39, 0.29) is 12.4 Å². The van der Waals surface area contributed by atoms with Crippen LogP contribution in [0.5, 0.6) is 5.75 Å². The molecule has 3 nitrogen and oxygen atoms in total. The summed E-state index contributed by atoms with van der Waals surface area (Å²) in [6, 6.07) is 6.27. The highest BCUT2D eigenvalue weighted by molar-refractivity contribution is 9.10. The van der Waals surface area contributed by atoms with Gasteiger partial charge < -0.3 is 9.84 Å². The Hall–Kier alpha value is -1.66. The van der Waals surface area contributed by atoms with Crippen LogP contribution in [0.3, 0.4) is 0 Å². The van der Waals surface area contributed by atoms with Crippen molar-refractivity contribution in [2.75, 3.05) is 0 Å².